The van der Waals surface area contributed by atoms with Crippen LogP contribution in [0.5, 0.6) is 0 Å². The molecule has 2 saturated heterocycles. The smallest absolute Gasteiger partial charge is 0.325 e. The minimum absolute atomic E-state index is 0.139. The Morgan fingerprint density at radius 1 is 1.03 bits per heavy atom. The van der Waals surface area contributed by atoms with Crippen molar-refractivity contribution in [2.24, 2.45) is 5.92 Å². The van der Waals surface area contributed by atoms with E-state index in [2.05, 4.69) is 5.32 Å². The number of urea groups is 1. The molecule has 2 heterocycles. The van der Waals surface area contributed by atoms with E-state index < -0.39 is 6.03 Å². The molecule has 4 unspecified atom stereocenters. The van der Waals surface area contributed by atoms with Crippen LogP contribution in [0.15, 0.2) is 54.6 Å². The SMILES string of the molecule is O=C(CN1C(=O)N(Cc2ccccc2)C(=O)C2SC3CCCCC3C21)Nc1ccc(F)cc1. The first-order chi connectivity index (χ1) is 16.0. The largest absolute Gasteiger partial charge is 0.327 e. The Morgan fingerprint density at radius 2 is 1.76 bits per heavy atom. The summed E-state index contributed by atoms with van der Waals surface area (Å²) in [6.45, 7) is 0.0490. The van der Waals surface area contributed by atoms with E-state index >= 15 is 0 Å². The predicted molar refractivity (Wildman–Crippen MR) is 125 cm³/mol. The van der Waals surface area contributed by atoms with E-state index in [-0.39, 0.29) is 47.9 Å². The van der Waals surface area contributed by atoms with Gasteiger partial charge in [-0.3, -0.25) is 14.5 Å². The first-order valence-corrected chi connectivity index (χ1v) is 12.3. The van der Waals surface area contributed by atoms with Crippen molar-refractivity contribution in [1.82, 2.24) is 9.80 Å². The van der Waals surface area contributed by atoms with Crippen molar-refractivity contribution in [3.05, 3.63) is 66.0 Å². The van der Waals surface area contributed by atoms with Crippen molar-refractivity contribution in [3.63, 3.8) is 0 Å². The first kappa shape index (κ1) is 21.9. The fraction of sp³-hybridized carbons (Fsp3) is 0.400. The average Bonchev–Trinajstić information content (AvgIpc) is 3.21. The van der Waals surface area contributed by atoms with E-state index in [0.29, 0.717) is 10.9 Å². The summed E-state index contributed by atoms with van der Waals surface area (Å²) in [5, 5.41) is 2.74. The van der Waals surface area contributed by atoms with Crippen LogP contribution in [-0.2, 0) is 16.1 Å². The number of anilines is 1. The molecule has 1 saturated carbocycles. The van der Waals surface area contributed by atoms with E-state index in [1.807, 2.05) is 30.3 Å². The van der Waals surface area contributed by atoms with E-state index in [0.717, 1.165) is 31.2 Å². The van der Waals surface area contributed by atoms with Crippen LogP contribution in [0.1, 0.15) is 31.2 Å². The minimum Gasteiger partial charge on any atom is -0.325 e. The Bertz CT molecular complexity index is 1050. The van der Waals surface area contributed by atoms with Gasteiger partial charge >= 0.3 is 6.03 Å². The second kappa shape index (κ2) is 9.17. The molecule has 0 bridgehead atoms. The number of imide groups is 1. The zero-order valence-electron chi connectivity index (χ0n) is 18.2. The van der Waals surface area contributed by atoms with Crippen molar-refractivity contribution >= 4 is 35.3 Å². The molecule has 33 heavy (non-hydrogen) atoms. The lowest BCUT2D eigenvalue weighted by Crippen LogP contribution is -2.64. The number of fused-ring (bicyclic) bond motifs is 3. The van der Waals surface area contributed by atoms with Crippen molar-refractivity contribution < 1.29 is 18.8 Å². The molecule has 0 radical (unpaired) electrons. The number of nitrogens with zero attached hydrogens (tertiary/aromatic N) is 2. The van der Waals surface area contributed by atoms with Crippen LogP contribution in [0.4, 0.5) is 14.9 Å². The van der Waals surface area contributed by atoms with Crippen LogP contribution in [0.25, 0.3) is 0 Å². The molecular formula is C25H26FN3O3S. The van der Waals surface area contributed by atoms with Gasteiger partial charge in [0.25, 0.3) is 0 Å². The lowest BCUT2D eigenvalue weighted by molar-refractivity contribution is -0.134. The number of carbonyl (C=O) groups excluding carboxylic acids is 3. The second-order valence-corrected chi connectivity index (χ2v) is 10.3. The zero-order valence-corrected chi connectivity index (χ0v) is 19.0. The molecular weight excluding hydrogens is 441 g/mol. The number of amides is 4. The Kier molecular flexibility index (Phi) is 6.10. The van der Waals surface area contributed by atoms with Gasteiger partial charge in [-0.25, -0.2) is 9.18 Å². The van der Waals surface area contributed by atoms with Crippen molar-refractivity contribution in [2.75, 3.05) is 11.9 Å². The van der Waals surface area contributed by atoms with Gasteiger partial charge in [0.05, 0.1) is 12.6 Å². The number of rotatable bonds is 5. The number of thioether (sulfide) groups is 1. The number of nitrogens with one attached hydrogen (secondary N) is 1. The van der Waals surface area contributed by atoms with Crippen LogP contribution in [0.3, 0.4) is 0 Å². The third-order valence-corrected chi connectivity index (χ3v) is 8.50. The molecule has 1 aliphatic carbocycles. The van der Waals surface area contributed by atoms with Gasteiger partial charge in [0.15, 0.2) is 0 Å². The molecule has 2 aromatic carbocycles. The summed E-state index contributed by atoms with van der Waals surface area (Å²) in [6.07, 6.45) is 4.22. The molecule has 8 heteroatoms. The van der Waals surface area contributed by atoms with Crippen LogP contribution in [0.2, 0.25) is 0 Å². The predicted octanol–water partition coefficient (Wildman–Crippen LogP) is 4.27. The van der Waals surface area contributed by atoms with Gasteiger partial charge in [-0.15, -0.1) is 11.8 Å². The standard InChI is InChI=1S/C25H26FN3O3S/c26-17-10-12-18(13-11-17)27-21(30)15-28-22-19-8-4-5-9-20(19)33-23(22)24(31)29(25(28)32)14-16-6-2-1-3-7-16/h1-3,6-7,10-13,19-20,22-23H,4-5,8-9,14-15H2,(H,27,30). The summed E-state index contributed by atoms with van der Waals surface area (Å²) in [4.78, 5) is 42.8. The summed E-state index contributed by atoms with van der Waals surface area (Å²) < 4.78 is 13.2. The van der Waals surface area contributed by atoms with Crippen LogP contribution in [-0.4, -0.2) is 50.7 Å². The summed E-state index contributed by atoms with van der Waals surface area (Å²) in [5.41, 5.74) is 1.34. The third kappa shape index (κ3) is 4.36. The van der Waals surface area contributed by atoms with Gasteiger partial charge in [0.2, 0.25) is 11.8 Å². The van der Waals surface area contributed by atoms with Crippen molar-refractivity contribution in [1.29, 1.82) is 0 Å². The van der Waals surface area contributed by atoms with Gasteiger partial charge < -0.3 is 10.2 Å². The lowest BCUT2D eigenvalue weighted by atomic mass is 9.81. The summed E-state index contributed by atoms with van der Waals surface area (Å²) in [6, 6.07) is 14.3. The maximum atomic E-state index is 13.6. The molecule has 3 fully saturated rings. The molecule has 2 aliphatic heterocycles. The van der Waals surface area contributed by atoms with Crippen LogP contribution >= 0.6 is 11.8 Å². The minimum atomic E-state index is -0.411. The van der Waals surface area contributed by atoms with Gasteiger partial charge in [-0.05, 0) is 48.6 Å². The molecule has 4 amide bonds. The van der Waals surface area contributed by atoms with Crippen LogP contribution in [0, 0.1) is 11.7 Å². The van der Waals surface area contributed by atoms with Crippen molar-refractivity contribution in [3.8, 4) is 0 Å². The maximum absolute atomic E-state index is 13.6. The third-order valence-electron chi connectivity index (χ3n) is 6.80. The topological polar surface area (TPSA) is 69.7 Å². The lowest BCUT2D eigenvalue weighted by Gasteiger charge is -2.43. The highest BCUT2D eigenvalue weighted by atomic mass is 32.2. The molecule has 0 aromatic heterocycles. The quantitative estimate of drug-likeness (QED) is 0.713. The van der Waals surface area contributed by atoms with E-state index in [4.69, 9.17) is 0 Å². The van der Waals surface area contributed by atoms with E-state index in [9.17, 15) is 18.8 Å². The number of hydrogen-bond acceptors (Lipinski definition) is 4. The number of halogens is 1. The molecule has 0 spiro atoms. The zero-order chi connectivity index (χ0) is 22.9. The fourth-order valence-electron chi connectivity index (χ4n) is 5.28. The second-order valence-electron chi connectivity index (χ2n) is 8.91. The Labute approximate surface area is 196 Å². The molecule has 1 N–H and O–H groups in total. The number of benzene rings is 2. The van der Waals surface area contributed by atoms with E-state index in [1.165, 1.54) is 29.2 Å². The van der Waals surface area contributed by atoms with Crippen LogP contribution < -0.4 is 5.32 Å². The Hall–Kier alpha value is -2.87. The van der Waals surface area contributed by atoms with Gasteiger partial charge in [-0.2, -0.15) is 0 Å². The molecule has 172 valence electrons. The highest BCUT2D eigenvalue weighted by Gasteiger charge is 2.57. The molecule has 3 aliphatic rings. The number of hydrogen-bond donors (Lipinski definition) is 1. The first-order valence-electron chi connectivity index (χ1n) is 11.4. The molecule has 5 rings (SSSR count). The molecule has 2 aromatic rings. The monoisotopic (exact) mass is 467 g/mol. The molecule has 4 atom stereocenters. The van der Waals surface area contributed by atoms with Gasteiger partial charge in [0, 0.05) is 10.9 Å². The van der Waals surface area contributed by atoms with Gasteiger partial charge in [-0.1, -0.05) is 43.2 Å². The average molecular weight is 468 g/mol. The Balaban J connectivity index is 1.40. The van der Waals surface area contributed by atoms with E-state index in [1.54, 1.807) is 16.7 Å². The number of carbonyl (C=O) groups is 3. The summed E-state index contributed by atoms with van der Waals surface area (Å²) >= 11 is 1.68. The van der Waals surface area contributed by atoms with Crippen molar-refractivity contribution in [2.45, 2.75) is 48.8 Å². The highest BCUT2D eigenvalue weighted by Crippen LogP contribution is 2.50. The highest BCUT2D eigenvalue weighted by molar-refractivity contribution is 8.01. The normalized spacial score (nSPS) is 26.7. The molecule has 6 nitrogen and oxygen atoms in total. The Morgan fingerprint density at radius 3 is 2.52 bits per heavy atom. The maximum Gasteiger partial charge on any atom is 0.327 e. The summed E-state index contributed by atoms with van der Waals surface area (Å²) in [7, 11) is 0. The summed E-state index contributed by atoms with van der Waals surface area (Å²) in [5.74, 6) is -0.669. The van der Waals surface area contributed by atoms with Gasteiger partial charge in [0.1, 0.15) is 17.6 Å². The fourth-order valence-corrected chi connectivity index (χ4v) is 7.21.